The number of anilines is 3. The molecule has 2 aromatic rings. The van der Waals surface area contributed by atoms with Gasteiger partial charge in [-0.05, 0) is 37.5 Å². The van der Waals surface area contributed by atoms with Crippen molar-refractivity contribution in [1.29, 1.82) is 0 Å². The molecule has 0 atom stereocenters. The maximum absolute atomic E-state index is 4.41. The second kappa shape index (κ2) is 7.41. The van der Waals surface area contributed by atoms with Crippen LogP contribution in [0.2, 0.25) is 0 Å². The average molecular weight is 349 g/mol. The lowest BCUT2D eigenvalue weighted by atomic mass is 10.1. The zero-order valence-corrected chi connectivity index (χ0v) is 14.3. The molecule has 0 saturated carbocycles. The summed E-state index contributed by atoms with van der Waals surface area (Å²) in [6.07, 6.45) is 3.55. The van der Waals surface area contributed by atoms with E-state index in [9.17, 15) is 0 Å². The Morgan fingerprint density at radius 3 is 2.62 bits per heavy atom. The van der Waals surface area contributed by atoms with Crippen LogP contribution in [-0.4, -0.2) is 16.5 Å². The molecule has 1 aromatic heterocycles. The van der Waals surface area contributed by atoms with Gasteiger partial charge in [-0.1, -0.05) is 35.8 Å². The van der Waals surface area contributed by atoms with Crippen LogP contribution in [0.15, 0.2) is 29.0 Å². The Hall–Kier alpha value is -1.62. The Bertz CT molecular complexity index is 613. The third-order valence-electron chi connectivity index (χ3n) is 3.36. The number of halogens is 1. The first-order valence-electron chi connectivity index (χ1n) is 7.27. The average Bonchev–Trinajstić information content (AvgIpc) is 2.50. The highest BCUT2D eigenvalue weighted by molar-refractivity contribution is 9.10. The molecule has 0 aliphatic rings. The maximum atomic E-state index is 4.41. The van der Waals surface area contributed by atoms with E-state index in [1.54, 1.807) is 6.33 Å². The van der Waals surface area contributed by atoms with Crippen LogP contribution in [0.25, 0.3) is 0 Å². The minimum absolute atomic E-state index is 0.868. The lowest BCUT2D eigenvalue weighted by molar-refractivity contribution is 0.949. The summed E-state index contributed by atoms with van der Waals surface area (Å²) in [5.41, 5.74) is 3.34. The van der Waals surface area contributed by atoms with Crippen molar-refractivity contribution in [3.63, 3.8) is 0 Å². The fourth-order valence-electron chi connectivity index (χ4n) is 2.12. The highest BCUT2D eigenvalue weighted by atomic mass is 79.9. The Labute approximate surface area is 134 Å². The highest BCUT2D eigenvalue weighted by Gasteiger charge is 2.11. The van der Waals surface area contributed by atoms with Crippen molar-refractivity contribution in [1.82, 2.24) is 9.97 Å². The molecule has 2 N–H and O–H groups in total. The molecule has 0 spiro atoms. The number of rotatable bonds is 6. The van der Waals surface area contributed by atoms with Crippen molar-refractivity contribution in [2.75, 3.05) is 17.2 Å². The molecule has 112 valence electrons. The van der Waals surface area contributed by atoms with Crippen LogP contribution in [0.4, 0.5) is 17.3 Å². The first-order valence-corrected chi connectivity index (χ1v) is 8.06. The van der Waals surface area contributed by atoms with Crippen LogP contribution in [0.1, 0.15) is 31.4 Å². The SMILES string of the molecule is CCCNc1ncnc(Nc2cccc(Br)c2C)c1CC. The van der Waals surface area contributed by atoms with Crippen molar-refractivity contribution >= 4 is 33.3 Å². The standard InChI is InChI=1S/C16H21BrN4/c1-4-9-18-15-12(5-2)16(20-10-19-15)21-14-8-6-7-13(17)11(14)3/h6-8,10H,4-5,9H2,1-3H3,(H2,18,19,20,21). The highest BCUT2D eigenvalue weighted by Crippen LogP contribution is 2.28. The van der Waals surface area contributed by atoms with E-state index in [1.807, 2.05) is 12.1 Å². The number of hydrogen-bond acceptors (Lipinski definition) is 4. The zero-order chi connectivity index (χ0) is 15.2. The van der Waals surface area contributed by atoms with Gasteiger partial charge in [0.15, 0.2) is 0 Å². The van der Waals surface area contributed by atoms with E-state index in [1.165, 1.54) is 5.56 Å². The summed E-state index contributed by atoms with van der Waals surface area (Å²) in [6.45, 7) is 7.26. The Balaban J connectivity index is 2.33. The maximum Gasteiger partial charge on any atom is 0.139 e. The van der Waals surface area contributed by atoms with Crippen molar-refractivity contribution < 1.29 is 0 Å². The predicted molar refractivity (Wildman–Crippen MR) is 92.4 cm³/mol. The smallest absolute Gasteiger partial charge is 0.139 e. The quantitative estimate of drug-likeness (QED) is 0.795. The molecule has 0 amide bonds. The number of benzene rings is 1. The van der Waals surface area contributed by atoms with E-state index in [-0.39, 0.29) is 0 Å². The van der Waals surface area contributed by atoms with E-state index < -0.39 is 0 Å². The first-order chi connectivity index (χ1) is 10.2. The summed E-state index contributed by atoms with van der Waals surface area (Å²) < 4.78 is 1.09. The molecule has 0 fully saturated rings. The minimum atomic E-state index is 0.868. The third kappa shape index (κ3) is 3.73. The molecule has 0 aliphatic heterocycles. The van der Waals surface area contributed by atoms with E-state index in [4.69, 9.17) is 0 Å². The Morgan fingerprint density at radius 1 is 1.14 bits per heavy atom. The van der Waals surface area contributed by atoms with Gasteiger partial charge >= 0.3 is 0 Å². The van der Waals surface area contributed by atoms with E-state index >= 15 is 0 Å². The van der Waals surface area contributed by atoms with Crippen molar-refractivity contribution in [2.24, 2.45) is 0 Å². The summed E-state index contributed by atoms with van der Waals surface area (Å²) >= 11 is 3.56. The van der Waals surface area contributed by atoms with Crippen LogP contribution in [0.5, 0.6) is 0 Å². The Kier molecular flexibility index (Phi) is 5.56. The second-order valence-electron chi connectivity index (χ2n) is 4.87. The molecule has 0 aliphatic carbocycles. The number of nitrogens with zero attached hydrogens (tertiary/aromatic N) is 2. The molecule has 0 radical (unpaired) electrons. The summed E-state index contributed by atoms with van der Waals surface area (Å²) in [4.78, 5) is 8.76. The van der Waals surface area contributed by atoms with Gasteiger partial charge in [-0.2, -0.15) is 0 Å². The zero-order valence-electron chi connectivity index (χ0n) is 12.7. The minimum Gasteiger partial charge on any atom is -0.370 e. The van der Waals surface area contributed by atoms with Gasteiger partial charge in [0.2, 0.25) is 0 Å². The fraction of sp³-hybridized carbons (Fsp3) is 0.375. The molecule has 0 saturated heterocycles. The van der Waals surface area contributed by atoms with E-state index in [2.05, 4.69) is 63.4 Å². The number of nitrogens with one attached hydrogen (secondary N) is 2. The number of aromatic nitrogens is 2. The molecular formula is C16H21BrN4. The lowest BCUT2D eigenvalue weighted by Gasteiger charge is -2.15. The number of hydrogen-bond donors (Lipinski definition) is 2. The van der Waals surface area contributed by atoms with Gasteiger partial charge in [0.25, 0.3) is 0 Å². The fourth-order valence-corrected chi connectivity index (χ4v) is 2.49. The molecule has 1 heterocycles. The normalized spacial score (nSPS) is 10.5. The van der Waals surface area contributed by atoms with E-state index in [0.29, 0.717) is 0 Å². The Morgan fingerprint density at radius 2 is 1.90 bits per heavy atom. The topological polar surface area (TPSA) is 49.8 Å². The first kappa shape index (κ1) is 15.8. The molecule has 5 heteroatoms. The monoisotopic (exact) mass is 348 g/mol. The molecule has 0 unspecified atom stereocenters. The predicted octanol–water partition coefficient (Wildman–Crippen LogP) is 4.68. The molecule has 4 nitrogen and oxygen atoms in total. The molecule has 21 heavy (non-hydrogen) atoms. The second-order valence-corrected chi connectivity index (χ2v) is 5.72. The largest absolute Gasteiger partial charge is 0.370 e. The summed E-state index contributed by atoms with van der Waals surface area (Å²) in [5, 5.41) is 6.79. The van der Waals surface area contributed by atoms with Crippen molar-refractivity contribution in [2.45, 2.75) is 33.6 Å². The molecule has 0 bridgehead atoms. The lowest BCUT2D eigenvalue weighted by Crippen LogP contribution is -2.09. The summed E-state index contributed by atoms with van der Waals surface area (Å²) in [6, 6.07) is 6.11. The summed E-state index contributed by atoms with van der Waals surface area (Å²) in [5.74, 6) is 1.79. The molecule has 2 rings (SSSR count). The van der Waals surface area contributed by atoms with Gasteiger partial charge in [0.05, 0.1) is 0 Å². The van der Waals surface area contributed by atoms with Crippen LogP contribution in [0, 0.1) is 6.92 Å². The van der Waals surface area contributed by atoms with Gasteiger partial charge in [-0.15, -0.1) is 0 Å². The van der Waals surface area contributed by atoms with Crippen LogP contribution < -0.4 is 10.6 Å². The van der Waals surface area contributed by atoms with Crippen LogP contribution in [-0.2, 0) is 6.42 Å². The van der Waals surface area contributed by atoms with Crippen LogP contribution in [0.3, 0.4) is 0 Å². The van der Waals surface area contributed by atoms with Crippen LogP contribution >= 0.6 is 15.9 Å². The molecule has 1 aromatic carbocycles. The van der Waals surface area contributed by atoms with Gasteiger partial charge in [0.1, 0.15) is 18.0 Å². The van der Waals surface area contributed by atoms with Gasteiger partial charge < -0.3 is 10.6 Å². The van der Waals surface area contributed by atoms with E-state index in [0.717, 1.165) is 46.7 Å². The van der Waals surface area contributed by atoms with Crippen molar-refractivity contribution in [3.05, 3.63) is 40.1 Å². The van der Waals surface area contributed by atoms with Crippen molar-refractivity contribution in [3.8, 4) is 0 Å². The van der Waals surface area contributed by atoms with Gasteiger partial charge in [0, 0.05) is 22.3 Å². The van der Waals surface area contributed by atoms with Gasteiger partial charge in [-0.3, -0.25) is 0 Å². The molecular weight excluding hydrogens is 328 g/mol. The third-order valence-corrected chi connectivity index (χ3v) is 4.22. The van der Waals surface area contributed by atoms with Gasteiger partial charge in [-0.25, -0.2) is 9.97 Å². The summed E-state index contributed by atoms with van der Waals surface area (Å²) in [7, 11) is 0.